The van der Waals surface area contributed by atoms with Gasteiger partial charge in [-0.25, -0.2) is 9.37 Å². The summed E-state index contributed by atoms with van der Waals surface area (Å²) in [5, 5.41) is 0. The van der Waals surface area contributed by atoms with Crippen LogP contribution in [0, 0.1) is 11.7 Å². The third-order valence-electron chi connectivity index (χ3n) is 3.81. The van der Waals surface area contributed by atoms with E-state index in [1.807, 2.05) is 4.57 Å². The van der Waals surface area contributed by atoms with Crippen molar-refractivity contribution in [2.24, 2.45) is 5.92 Å². The highest BCUT2D eigenvalue weighted by molar-refractivity contribution is 9.10. The van der Waals surface area contributed by atoms with Crippen molar-refractivity contribution in [3.63, 3.8) is 0 Å². The Bertz CT molecular complexity index is 622. The number of nitrogens with zero attached hydrogens (tertiary/aromatic N) is 2. The van der Waals surface area contributed by atoms with Gasteiger partial charge in [-0.05, 0) is 35.3 Å². The van der Waals surface area contributed by atoms with E-state index in [1.54, 1.807) is 6.07 Å². The molecule has 102 valence electrons. The van der Waals surface area contributed by atoms with Gasteiger partial charge in [-0.3, -0.25) is 0 Å². The number of nitrogen functional groups attached to an aromatic ring is 1. The number of anilines is 1. The third kappa shape index (κ3) is 2.12. The molecule has 1 fully saturated rings. The fraction of sp³-hybridized carbons (Fsp3) is 0.462. The Hall–Kier alpha value is -1.14. The molecule has 0 amide bonds. The molecule has 1 aliphatic rings. The SMILES string of the molecule is CC(C1CCOC1)n1c(N)nc2cc(Br)c(F)cc21. The minimum absolute atomic E-state index is 0.146. The fourth-order valence-corrected chi connectivity index (χ4v) is 3.01. The lowest BCUT2D eigenvalue weighted by molar-refractivity contribution is 0.176. The normalized spacial score (nSPS) is 21.1. The first kappa shape index (κ1) is 12.9. The molecule has 2 N–H and O–H groups in total. The van der Waals surface area contributed by atoms with Gasteiger partial charge in [0.15, 0.2) is 0 Å². The van der Waals surface area contributed by atoms with E-state index in [-0.39, 0.29) is 11.9 Å². The van der Waals surface area contributed by atoms with Gasteiger partial charge in [-0.1, -0.05) is 0 Å². The lowest BCUT2D eigenvalue weighted by atomic mass is 10.0. The van der Waals surface area contributed by atoms with Gasteiger partial charge in [-0.2, -0.15) is 0 Å². The minimum atomic E-state index is -0.302. The third-order valence-corrected chi connectivity index (χ3v) is 4.42. The summed E-state index contributed by atoms with van der Waals surface area (Å²) in [6, 6.07) is 3.29. The number of halogens is 2. The number of benzene rings is 1. The van der Waals surface area contributed by atoms with Crippen LogP contribution in [0.5, 0.6) is 0 Å². The van der Waals surface area contributed by atoms with Crippen molar-refractivity contribution >= 4 is 32.9 Å². The molecule has 0 radical (unpaired) electrons. The number of nitrogens with two attached hydrogens (primary N) is 1. The smallest absolute Gasteiger partial charge is 0.201 e. The van der Waals surface area contributed by atoms with E-state index in [9.17, 15) is 4.39 Å². The summed E-state index contributed by atoms with van der Waals surface area (Å²) in [6.45, 7) is 3.58. The van der Waals surface area contributed by atoms with Crippen molar-refractivity contribution in [2.75, 3.05) is 18.9 Å². The molecule has 1 aromatic carbocycles. The second kappa shape index (κ2) is 4.76. The minimum Gasteiger partial charge on any atom is -0.381 e. The van der Waals surface area contributed by atoms with Crippen LogP contribution >= 0.6 is 15.9 Å². The van der Waals surface area contributed by atoms with E-state index in [1.165, 1.54) is 6.07 Å². The molecule has 19 heavy (non-hydrogen) atoms. The van der Waals surface area contributed by atoms with Crippen molar-refractivity contribution in [1.29, 1.82) is 0 Å². The van der Waals surface area contributed by atoms with Crippen LogP contribution in [0.3, 0.4) is 0 Å². The molecule has 0 spiro atoms. The Kier molecular flexibility index (Phi) is 3.22. The standard InChI is InChI=1S/C13H15BrFN3O/c1-7(8-2-3-19-6-8)18-12-5-10(15)9(14)4-11(12)17-13(18)16/h4-5,7-8H,2-3,6H2,1H3,(H2,16,17). The van der Waals surface area contributed by atoms with Gasteiger partial charge in [0.2, 0.25) is 5.95 Å². The zero-order valence-electron chi connectivity index (χ0n) is 10.6. The quantitative estimate of drug-likeness (QED) is 0.922. The van der Waals surface area contributed by atoms with Crippen molar-refractivity contribution < 1.29 is 9.13 Å². The first-order valence-corrected chi connectivity index (χ1v) is 7.07. The summed E-state index contributed by atoms with van der Waals surface area (Å²) in [5.74, 6) is 0.516. The van der Waals surface area contributed by atoms with E-state index in [0.717, 1.165) is 25.2 Å². The monoisotopic (exact) mass is 327 g/mol. The van der Waals surface area contributed by atoms with Crippen LogP contribution in [-0.2, 0) is 4.74 Å². The van der Waals surface area contributed by atoms with Gasteiger partial charge in [0.1, 0.15) is 5.82 Å². The summed E-state index contributed by atoms with van der Waals surface area (Å²) in [7, 11) is 0. The summed E-state index contributed by atoms with van der Waals surface area (Å²) in [5.41, 5.74) is 7.43. The molecule has 2 unspecified atom stereocenters. The van der Waals surface area contributed by atoms with Crippen molar-refractivity contribution in [1.82, 2.24) is 9.55 Å². The average molecular weight is 328 g/mol. The highest BCUT2D eigenvalue weighted by Crippen LogP contribution is 2.33. The first-order chi connectivity index (χ1) is 9.08. The summed E-state index contributed by atoms with van der Waals surface area (Å²) in [6.07, 6.45) is 0.999. The number of imidazole rings is 1. The highest BCUT2D eigenvalue weighted by Gasteiger charge is 2.26. The van der Waals surface area contributed by atoms with Gasteiger partial charge >= 0.3 is 0 Å². The van der Waals surface area contributed by atoms with Crippen LogP contribution in [-0.4, -0.2) is 22.8 Å². The molecule has 1 saturated heterocycles. The molecule has 0 aliphatic carbocycles. The lowest BCUT2D eigenvalue weighted by Gasteiger charge is -2.21. The zero-order chi connectivity index (χ0) is 13.6. The van der Waals surface area contributed by atoms with Crippen LogP contribution in [0.1, 0.15) is 19.4 Å². The fourth-order valence-electron chi connectivity index (χ4n) is 2.68. The van der Waals surface area contributed by atoms with Crippen LogP contribution < -0.4 is 5.73 Å². The number of hydrogen-bond donors (Lipinski definition) is 1. The Morgan fingerprint density at radius 2 is 2.37 bits per heavy atom. The van der Waals surface area contributed by atoms with Gasteiger partial charge in [0, 0.05) is 24.6 Å². The van der Waals surface area contributed by atoms with Gasteiger partial charge < -0.3 is 15.0 Å². The molecule has 2 heterocycles. The molecule has 1 aromatic heterocycles. The largest absolute Gasteiger partial charge is 0.381 e. The topological polar surface area (TPSA) is 53.1 Å². The number of ether oxygens (including phenoxy) is 1. The van der Waals surface area contributed by atoms with Crippen LogP contribution in [0.2, 0.25) is 0 Å². The molecule has 3 rings (SSSR count). The lowest BCUT2D eigenvalue weighted by Crippen LogP contribution is -2.18. The maximum absolute atomic E-state index is 13.7. The van der Waals surface area contributed by atoms with Crippen LogP contribution in [0.15, 0.2) is 16.6 Å². The summed E-state index contributed by atoms with van der Waals surface area (Å²) >= 11 is 3.17. The molecule has 0 saturated carbocycles. The Morgan fingerprint density at radius 3 is 3.05 bits per heavy atom. The van der Waals surface area contributed by atoms with E-state index in [4.69, 9.17) is 10.5 Å². The molecule has 0 bridgehead atoms. The molecular weight excluding hydrogens is 313 g/mol. The molecular formula is C13H15BrFN3O. The predicted molar refractivity (Wildman–Crippen MR) is 75.4 cm³/mol. The van der Waals surface area contributed by atoms with Gasteiger partial charge in [0.05, 0.1) is 22.1 Å². The van der Waals surface area contributed by atoms with E-state index < -0.39 is 0 Å². The highest BCUT2D eigenvalue weighted by atomic mass is 79.9. The zero-order valence-corrected chi connectivity index (χ0v) is 12.2. The van der Waals surface area contributed by atoms with Crippen LogP contribution in [0.4, 0.5) is 10.3 Å². The molecule has 4 nitrogen and oxygen atoms in total. The average Bonchev–Trinajstić information content (AvgIpc) is 2.97. The number of fused-ring (bicyclic) bond motifs is 1. The second-order valence-electron chi connectivity index (χ2n) is 4.96. The summed E-state index contributed by atoms with van der Waals surface area (Å²) < 4.78 is 21.5. The maximum Gasteiger partial charge on any atom is 0.201 e. The van der Waals surface area contributed by atoms with Crippen molar-refractivity contribution in [3.8, 4) is 0 Å². The number of aromatic nitrogens is 2. The van der Waals surface area contributed by atoms with E-state index >= 15 is 0 Å². The molecule has 2 atom stereocenters. The maximum atomic E-state index is 13.7. The van der Waals surface area contributed by atoms with E-state index in [0.29, 0.717) is 21.9 Å². The van der Waals surface area contributed by atoms with Crippen molar-refractivity contribution in [2.45, 2.75) is 19.4 Å². The molecule has 1 aliphatic heterocycles. The van der Waals surface area contributed by atoms with Crippen molar-refractivity contribution in [3.05, 3.63) is 22.4 Å². The van der Waals surface area contributed by atoms with Crippen LogP contribution in [0.25, 0.3) is 11.0 Å². The van der Waals surface area contributed by atoms with Gasteiger partial charge in [0.25, 0.3) is 0 Å². The second-order valence-corrected chi connectivity index (χ2v) is 5.81. The Labute approximate surface area is 118 Å². The summed E-state index contributed by atoms with van der Waals surface area (Å²) in [4.78, 5) is 4.31. The van der Waals surface area contributed by atoms with Gasteiger partial charge in [-0.15, -0.1) is 0 Å². The Morgan fingerprint density at radius 1 is 1.58 bits per heavy atom. The number of hydrogen-bond acceptors (Lipinski definition) is 3. The molecule has 6 heteroatoms. The number of rotatable bonds is 2. The predicted octanol–water partition coefficient (Wildman–Crippen LogP) is 3.12. The first-order valence-electron chi connectivity index (χ1n) is 6.28. The molecule has 2 aromatic rings. The Balaban J connectivity index is 2.11. The van der Waals surface area contributed by atoms with E-state index in [2.05, 4.69) is 27.8 Å².